The Morgan fingerprint density at radius 2 is 1.64 bits per heavy atom. The predicted molar refractivity (Wildman–Crippen MR) is 118 cm³/mol. The topological polar surface area (TPSA) is 29.9 Å². The number of benzene rings is 2. The Labute approximate surface area is 169 Å². The summed E-state index contributed by atoms with van der Waals surface area (Å²) in [5, 5.41) is 3.74. The number of hydrogen-bond acceptors (Lipinski definition) is 2. The molecule has 0 fully saturated rings. The van der Waals surface area contributed by atoms with Crippen LogP contribution < -0.4 is 5.32 Å². The number of imidazole rings is 1. The highest BCUT2D eigenvalue weighted by atomic mass is 15.1. The number of hydrogen-bond donors (Lipinski definition) is 1. The van der Waals surface area contributed by atoms with Crippen LogP contribution >= 0.6 is 0 Å². The van der Waals surface area contributed by atoms with Crippen molar-refractivity contribution in [1.29, 1.82) is 0 Å². The second kappa shape index (κ2) is 10.2. The lowest BCUT2D eigenvalue weighted by Gasteiger charge is -2.19. The molecule has 0 amide bonds. The number of aromatic nitrogens is 2. The predicted octanol–water partition coefficient (Wildman–Crippen LogP) is 5.91. The molecule has 0 aliphatic carbocycles. The van der Waals surface area contributed by atoms with Crippen LogP contribution in [0.3, 0.4) is 0 Å². The van der Waals surface area contributed by atoms with Gasteiger partial charge in [-0.05, 0) is 36.9 Å². The molecule has 148 valence electrons. The fourth-order valence-electron chi connectivity index (χ4n) is 3.54. The maximum absolute atomic E-state index is 5.01. The summed E-state index contributed by atoms with van der Waals surface area (Å²) < 4.78 is 2.16. The molecule has 0 aliphatic heterocycles. The van der Waals surface area contributed by atoms with Crippen molar-refractivity contribution in [2.75, 3.05) is 6.54 Å². The lowest BCUT2D eigenvalue weighted by atomic mass is 10.0. The summed E-state index contributed by atoms with van der Waals surface area (Å²) >= 11 is 0. The number of rotatable bonds is 10. The molecule has 28 heavy (non-hydrogen) atoms. The van der Waals surface area contributed by atoms with Gasteiger partial charge in [0.1, 0.15) is 5.82 Å². The van der Waals surface area contributed by atoms with Crippen LogP contribution in [0, 0.1) is 0 Å². The van der Waals surface area contributed by atoms with Gasteiger partial charge in [0, 0.05) is 18.8 Å². The van der Waals surface area contributed by atoms with Crippen LogP contribution in [0.1, 0.15) is 62.5 Å². The van der Waals surface area contributed by atoms with E-state index >= 15 is 0 Å². The van der Waals surface area contributed by atoms with Crippen molar-refractivity contribution in [1.82, 2.24) is 14.9 Å². The SMILES string of the molecule is CCCCNC(c1ccc(CCCC)cc1)c1nc(-c2ccccc2)cn1C. The minimum absolute atomic E-state index is 0.106. The molecule has 0 aliphatic rings. The first-order valence-electron chi connectivity index (χ1n) is 10.6. The van der Waals surface area contributed by atoms with Crippen molar-refractivity contribution >= 4 is 0 Å². The Kier molecular flexibility index (Phi) is 7.44. The third-order valence-electron chi connectivity index (χ3n) is 5.25. The van der Waals surface area contributed by atoms with Gasteiger partial charge in [0.05, 0.1) is 11.7 Å². The first-order valence-corrected chi connectivity index (χ1v) is 10.6. The molecule has 0 saturated heterocycles. The van der Waals surface area contributed by atoms with Crippen LogP contribution in [0.15, 0.2) is 60.8 Å². The van der Waals surface area contributed by atoms with Gasteiger partial charge in [-0.15, -0.1) is 0 Å². The van der Waals surface area contributed by atoms with Gasteiger partial charge in [-0.3, -0.25) is 0 Å². The van der Waals surface area contributed by atoms with Crippen molar-refractivity contribution in [2.24, 2.45) is 7.05 Å². The monoisotopic (exact) mass is 375 g/mol. The fourth-order valence-corrected chi connectivity index (χ4v) is 3.54. The van der Waals surface area contributed by atoms with Crippen molar-refractivity contribution in [3.63, 3.8) is 0 Å². The van der Waals surface area contributed by atoms with Crippen LogP contribution in [0.5, 0.6) is 0 Å². The number of unbranched alkanes of at least 4 members (excludes halogenated alkanes) is 2. The maximum Gasteiger partial charge on any atom is 0.130 e. The van der Waals surface area contributed by atoms with Gasteiger partial charge in [-0.25, -0.2) is 4.98 Å². The molecule has 3 rings (SSSR count). The third kappa shape index (κ3) is 5.11. The zero-order chi connectivity index (χ0) is 19.8. The molecule has 3 heteroatoms. The Morgan fingerprint density at radius 1 is 0.929 bits per heavy atom. The zero-order valence-electron chi connectivity index (χ0n) is 17.5. The summed E-state index contributed by atoms with van der Waals surface area (Å²) in [6.07, 6.45) is 8.13. The third-order valence-corrected chi connectivity index (χ3v) is 5.25. The minimum atomic E-state index is 0.106. The highest BCUT2D eigenvalue weighted by Crippen LogP contribution is 2.26. The number of nitrogens with one attached hydrogen (secondary N) is 1. The van der Waals surface area contributed by atoms with E-state index in [1.54, 1.807) is 0 Å². The zero-order valence-corrected chi connectivity index (χ0v) is 17.5. The summed E-state index contributed by atoms with van der Waals surface area (Å²) in [5.41, 5.74) is 4.89. The van der Waals surface area contributed by atoms with Crippen LogP contribution in [0.25, 0.3) is 11.3 Å². The second-order valence-corrected chi connectivity index (χ2v) is 7.55. The summed E-state index contributed by atoms with van der Waals surface area (Å²) in [7, 11) is 2.10. The van der Waals surface area contributed by atoms with Gasteiger partial charge in [0.15, 0.2) is 0 Å². The summed E-state index contributed by atoms with van der Waals surface area (Å²) in [6, 6.07) is 19.6. The average molecular weight is 376 g/mol. The van der Waals surface area contributed by atoms with E-state index in [1.807, 2.05) is 6.07 Å². The van der Waals surface area contributed by atoms with Crippen molar-refractivity contribution < 1.29 is 0 Å². The summed E-state index contributed by atoms with van der Waals surface area (Å²) in [6.45, 7) is 5.47. The van der Waals surface area contributed by atoms with Crippen LogP contribution in [0.4, 0.5) is 0 Å². The van der Waals surface area contributed by atoms with E-state index in [2.05, 4.69) is 85.5 Å². The van der Waals surface area contributed by atoms with E-state index in [9.17, 15) is 0 Å². The Bertz CT molecular complexity index is 834. The Hall–Kier alpha value is -2.39. The van der Waals surface area contributed by atoms with Crippen LogP contribution in [-0.2, 0) is 13.5 Å². The molecule has 1 heterocycles. The van der Waals surface area contributed by atoms with Crippen LogP contribution in [0.2, 0.25) is 0 Å². The minimum Gasteiger partial charge on any atom is -0.336 e. The lowest BCUT2D eigenvalue weighted by molar-refractivity contribution is 0.542. The van der Waals surface area contributed by atoms with E-state index < -0.39 is 0 Å². The molecular formula is C25H33N3. The summed E-state index contributed by atoms with van der Waals surface area (Å²) in [5.74, 6) is 1.07. The number of aryl methyl sites for hydroxylation is 2. The van der Waals surface area contributed by atoms with Gasteiger partial charge >= 0.3 is 0 Å². The Morgan fingerprint density at radius 3 is 2.32 bits per heavy atom. The quantitative estimate of drug-likeness (QED) is 0.447. The molecule has 0 saturated carbocycles. The van der Waals surface area contributed by atoms with Crippen molar-refractivity contribution in [2.45, 2.75) is 52.0 Å². The first kappa shape index (κ1) is 20.3. The molecule has 1 atom stereocenters. The smallest absolute Gasteiger partial charge is 0.130 e. The van der Waals surface area contributed by atoms with E-state index in [-0.39, 0.29) is 6.04 Å². The molecule has 2 aromatic carbocycles. The van der Waals surface area contributed by atoms with E-state index in [0.29, 0.717) is 0 Å². The van der Waals surface area contributed by atoms with Crippen LogP contribution in [-0.4, -0.2) is 16.1 Å². The molecule has 0 radical (unpaired) electrons. The van der Waals surface area contributed by atoms with Gasteiger partial charge in [0.2, 0.25) is 0 Å². The van der Waals surface area contributed by atoms with E-state index in [1.165, 1.54) is 36.8 Å². The molecule has 0 bridgehead atoms. The Balaban J connectivity index is 1.88. The largest absolute Gasteiger partial charge is 0.336 e. The molecule has 3 aromatic rings. The highest BCUT2D eigenvalue weighted by Gasteiger charge is 2.19. The normalized spacial score (nSPS) is 12.2. The first-order chi connectivity index (χ1) is 13.7. The molecule has 1 N–H and O–H groups in total. The number of nitrogens with zero attached hydrogens (tertiary/aromatic N) is 2. The van der Waals surface area contributed by atoms with Crippen molar-refractivity contribution in [3.8, 4) is 11.3 Å². The molecule has 1 aromatic heterocycles. The van der Waals surface area contributed by atoms with Gasteiger partial charge in [0.25, 0.3) is 0 Å². The second-order valence-electron chi connectivity index (χ2n) is 7.55. The average Bonchev–Trinajstić information content (AvgIpc) is 3.12. The highest BCUT2D eigenvalue weighted by molar-refractivity contribution is 5.58. The lowest BCUT2D eigenvalue weighted by Crippen LogP contribution is -2.26. The van der Waals surface area contributed by atoms with Crippen molar-refractivity contribution in [3.05, 3.63) is 77.7 Å². The van der Waals surface area contributed by atoms with E-state index in [0.717, 1.165) is 30.0 Å². The maximum atomic E-state index is 5.01. The van der Waals surface area contributed by atoms with Gasteiger partial charge < -0.3 is 9.88 Å². The van der Waals surface area contributed by atoms with E-state index in [4.69, 9.17) is 4.98 Å². The molecule has 3 nitrogen and oxygen atoms in total. The fraction of sp³-hybridized carbons (Fsp3) is 0.400. The summed E-state index contributed by atoms with van der Waals surface area (Å²) in [4.78, 5) is 5.01. The standard InChI is InChI=1S/C25H33N3/c1-4-6-11-20-14-16-22(17-15-20)24(26-18-7-5-2)25-27-23(19-28(25)3)21-12-9-8-10-13-21/h8-10,12-17,19,24,26H,4-7,11,18H2,1-3H3. The molecule has 0 spiro atoms. The van der Waals surface area contributed by atoms with Gasteiger partial charge in [-0.2, -0.15) is 0 Å². The molecule has 1 unspecified atom stereocenters. The molecular weight excluding hydrogens is 342 g/mol. The van der Waals surface area contributed by atoms with Gasteiger partial charge in [-0.1, -0.05) is 81.3 Å².